The van der Waals surface area contributed by atoms with Crippen LogP contribution in [-0.2, 0) is 0 Å². The van der Waals surface area contributed by atoms with Gasteiger partial charge in [-0.3, -0.25) is 19.3 Å². The minimum absolute atomic E-state index is 0.0657. The van der Waals surface area contributed by atoms with E-state index < -0.39 is 5.56 Å². The third-order valence-electron chi connectivity index (χ3n) is 4.70. The van der Waals surface area contributed by atoms with Gasteiger partial charge in [0.1, 0.15) is 23.4 Å². The molecule has 0 bridgehead atoms. The largest absolute Gasteiger partial charge is 0.497 e. The van der Waals surface area contributed by atoms with Crippen LogP contribution in [0.15, 0.2) is 34.1 Å². The van der Waals surface area contributed by atoms with Gasteiger partial charge in [-0.05, 0) is 37.2 Å². The summed E-state index contributed by atoms with van der Waals surface area (Å²) in [5.74, 6) is 0.375. The molecule has 2 atom stereocenters. The molecule has 138 valence electrons. The van der Waals surface area contributed by atoms with E-state index in [4.69, 9.17) is 17.0 Å². The van der Waals surface area contributed by atoms with Gasteiger partial charge in [0.25, 0.3) is 5.56 Å². The molecule has 0 unspecified atom stereocenters. The van der Waals surface area contributed by atoms with Crippen molar-refractivity contribution in [2.24, 2.45) is 4.99 Å². The summed E-state index contributed by atoms with van der Waals surface area (Å²) < 4.78 is 6.71. The van der Waals surface area contributed by atoms with Gasteiger partial charge in [-0.2, -0.15) is 0 Å². The molecular weight excluding hydrogens is 352 g/mol. The van der Waals surface area contributed by atoms with E-state index in [0.29, 0.717) is 11.4 Å². The maximum Gasteiger partial charge on any atom is 0.264 e. The SMILES string of the molecule is COc1cccc(-n2c(O)c(C=N[C@H]3CCCC[C@H]3[NH3+])c(=O)[nH]c2=S)c1. The Morgan fingerprint density at radius 3 is 2.92 bits per heavy atom. The highest BCUT2D eigenvalue weighted by atomic mass is 32.1. The zero-order chi connectivity index (χ0) is 18.7. The van der Waals surface area contributed by atoms with Gasteiger partial charge in [0.05, 0.1) is 12.8 Å². The second-order valence-corrected chi connectivity index (χ2v) is 6.81. The van der Waals surface area contributed by atoms with E-state index in [1.54, 1.807) is 31.4 Å². The predicted octanol–water partition coefficient (Wildman–Crippen LogP) is 1.58. The lowest BCUT2D eigenvalue weighted by molar-refractivity contribution is -0.428. The minimum atomic E-state index is -0.466. The predicted molar refractivity (Wildman–Crippen MR) is 102 cm³/mol. The van der Waals surface area contributed by atoms with Crippen LogP contribution in [0.3, 0.4) is 0 Å². The van der Waals surface area contributed by atoms with E-state index >= 15 is 0 Å². The Morgan fingerprint density at radius 2 is 2.19 bits per heavy atom. The fraction of sp³-hybridized carbons (Fsp3) is 0.389. The zero-order valence-electron chi connectivity index (χ0n) is 14.6. The monoisotopic (exact) mass is 375 g/mol. The second-order valence-electron chi connectivity index (χ2n) is 6.42. The van der Waals surface area contributed by atoms with Crippen molar-refractivity contribution in [2.45, 2.75) is 37.8 Å². The molecule has 1 saturated carbocycles. The van der Waals surface area contributed by atoms with Gasteiger partial charge in [-0.1, -0.05) is 12.5 Å². The van der Waals surface area contributed by atoms with E-state index in [2.05, 4.69) is 15.7 Å². The smallest absolute Gasteiger partial charge is 0.264 e. The summed E-state index contributed by atoms with van der Waals surface area (Å²) in [6.07, 6.45) is 5.67. The van der Waals surface area contributed by atoms with Crippen molar-refractivity contribution in [3.63, 3.8) is 0 Å². The molecule has 8 heteroatoms. The number of aliphatic imine (C=N–C) groups is 1. The summed E-state index contributed by atoms with van der Waals surface area (Å²) in [5, 5.41) is 10.7. The first kappa shape index (κ1) is 18.3. The molecular formula is C18H23N4O3S+. The van der Waals surface area contributed by atoms with E-state index in [-0.39, 0.29) is 28.3 Å². The Kier molecular flexibility index (Phi) is 5.53. The summed E-state index contributed by atoms with van der Waals surface area (Å²) >= 11 is 5.23. The molecule has 26 heavy (non-hydrogen) atoms. The van der Waals surface area contributed by atoms with Crippen molar-refractivity contribution in [3.05, 3.63) is 45.0 Å². The van der Waals surface area contributed by atoms with Gasteiger partial charge in [0, 0.05) is 18.7 Å². The van der Waals surface area contributed by atoms with Crippen LogP contribution in [0.4, 0.5) is 0 Å². The number of rotatable bonds is 4. The van der Waals surface area contributed by atoms with Crippen molar-refractivity contribution in [2.75, 3.05) is 7.11 Å². The molecule has 0 amide bonds. The summed E-state index contributed by atoms with van der Waals surface area (Å²) in [5.41, 5.74) is 4.34. The van der Waals surface area contributed by atoms with E-state index in [1.807, 2.05) is 0 Å². The van der Waals surface area contributed by atoms with E-state index in [1.165, 1.54) is 10.8 Å². The lowest BCUT2D eigenvalue weighted by Crippen LogP contribution is -2.66. The third kappa shape index (κ3) is 3.71. The van der Waals surface area contributed by atoms with E-state index in [9.17, 15) is 9.90 Å². The van der Waals surface area contributed by atoms with Gasteiger partial charge >= 0.3 is 0 Å². The minimum Gasteiger partial charge on any atom is -0.497 e. The highest BCUT2D eigenvalue weighted by Gasteiger charge is 2.24. The molecule has 1 aliphatic rings. The van der Waals surface area contributed by atoms with Crippen molar-refractivity contribution >= 4 is 18.4 Å². The van der Waals surface area contributed by atoms with Crippen molar-refractivity contribution in [3.8, 4) is 17.3 Å². The first-order valence-electron chi connectivity index (χ1n) is 8.60. The maximum atomic E-state index is 12.3. The number of quaternary nitrogens is 1. The number of methoxy groups -OCH3 is 1. The number of hydrogen-bond donors (Lipinski definition) is 3. The summed E-state index contributed by atoms with van der Waals surface area (Å²) in [7, 11) is 1.56. The highest BCUT2D eigenvalue weighted by molar-refractivity contribution is 7.71. The normalized spacial score (nSPS) is 20.4. The fourth-order valence-electron chi connectivity index (χ4n) is 3.20. The number of ether oxygens (including phenoxy) is 1. The molecule has 7 nitrogen and oxygen atoms in total. The van der Waals surface area contributed by atoms with Gasteiger partial charge in [0.15, 0.2) is 4.77 Å². The maximum absolute atomic E-state index is 12.3. The molecule has 0 spiro atoms. The molecule has 0 saturated heterocycles. The van der Waals surface area contributed by atoms with Crippen molar-refractivity contribution in [1.29, 1.82) is 0 Å². The molecule has 1 aliphatic carbocycles. The summed E-state index contributed by atoms with van der Waals surface area (Å²) in [4.78, 5) is 19.4. The number of aromatic nitrogens is 2. The second kappa shape index (κ2) is 7.84. The number of hydrogen-bond acceptors (Lipinski definition) is 5. The Hall–Kier alpha value is -2.45. The lowest BCUT2D eigenvalue weighted by atomic mass is 9.91. The van der Waals surface area contributed by atoms with Crippen LogP contribution >= 0.6 is 12.2 Å². The average Bonchev–Trinajstić information content (AvgIpc) is 2.63. The summed E-state index contributed by atoms with van der Waals surface area (Å²) in [6.45, 7) is 0. The van der Waals surface area contributed by atoms with Crippen LogP contribution in [0.5, 0.6) is 11.6 Å². The lowest BCUT2D eigenvalue weighted by Gasteiger charge is -2.22. The van der Waals surface area contributed by atoms with Crippen LogP contribution in [0.2, 0.25) is 0 Å². The van der Waals surface area contributed by atoms with E-state index in [0.717, 1.165) is 25.7 Å². The Bertz CT molecular complexity index is 935. The summed E-state index contributed by atoms with van der Waals surface area (Å²) in [6, 6.07) is 7.35. The molecule has 1 aromatic heterocycles. The first-order valence-corrected chi connectivity index (χ1v) is 9.01. The van der Waals surface area contributed by atoms with Gasteiger partial charge in [-0.25, -0.2) is 0 Å². The van der Waals surface area contributed by atoms with Gasteiger partial charge < -0.3 is 15.6 Å². The number of nitrogens with one attached hydrogen (secondary N) is 1. The van der Waals surface area contributed by atoms with Crippen LogP contribution in [0, 0.1) is 4.77 Å². The molecule has 1 fully saturated rings. The first-order chi connectivity index (χ1) is 12.5. The molecule has 2 aromatic rings. The van der Waals surface area contributed by atoms with Crippen molar-refractivity contribution < 1.29 is 15.6 Å². The number of aromatic hydroxyl groups is 1. The number of H-pyrrole nitrogens is 1. The Morgan fingerprint density at radius 1 is 1.42 bits per heavy atom. The highest BCUT2D eigenvalue weighted by Crippen LogP contribution is 2.23. The molecule has 1 heterocycles. The van der Waals surface area contributed by atoms with Gasteiger partial charge in [0.2, 0.25) is 5.88 Å². The average molecular weight is 375 g/mol. The molecule has 1 aromatic carbocycles. The van der Waals surface area contributed by atoms with Crippen LogP contribution in [0.25, 0.3) is 5.69 Å². The van der Waals surface area contributed by atoms with Gasteiger partial charge in [-0.15, -0.1) is 0 Å². The molecule has 5 N–H and O–H groups in total. The molecule has 0 aliphatic heterocycles. The Labute approximate surface area is 156 Å². The Balaban J connectivity index is 2.04. The quantitative estimate of drug-likeness (QED) is 0.557. The van der Waals surface area contributed by atoms with Crippen molar-refractivity contribution in [1.82, 2.24) is 9.55 Å². The fourth-order valence-corrected chi connectivity index (χ4v) is 3.48. The standard InChI is InChI=1S/C18H22N4O3S/c1-25-12-6-4-5-11(9-12)22-17(24)13(16(23)21-18(22)26)10-20-15-8-3-2-7-14(15)19/h4-6,9-10,14-15,24H,2-3,7-8,19H2,1H3,(H,21,23,26)/p+1/t14-,15+/m1/s1. The molecule has 3 rings (SSSR count). The third-order valence-corrected chi connectivity index (χ3v) is 4.98. The number of nitrogens with zero attached hydrogens (tertiary/aromatic N) is 2. The number of benzene rings is 1. The van der Waals surface area contributed by atoms with Crippen LogP contribution < -0.4 is 16.0 Å². The zero-order valence-corrected chi connectivity index (χ0v) is 15.5. The topological polar surface area (TPSA) is 107 Å². The molecule has 0 radical (unpaired) electrons. The number of aromatic amines is 1. The van der Waals surface area contributed by atoms with Crippen LogP contribution in [-0.4, -0.2) is 40.1 Å². The van der Waals surface area contributed by atoms with Crippen LogP contribution in [0.1, 0.15) is 31.2 Å².